The third-order valence-corrected chi connectivity index (χ3v) is 6.28. The summed E-state index contributed by atoms with van der Waals surface area (Å²) in [5, 5.41) is 4.92. The van der Waals surface area contributed by atoms with Gasteiger partial charge in [-0.3, -0.25) is 9.36 Å². The minimum absolute atomic E-state index is 0.102. The SMILES string of the molecule is CCCn1c(NCc2cccc(Cl)c2)nc2sc3c(c2c1=O)CCCC3. The van der Waals surface area contributed by atoms with Gasteiger partial charge in [-0.05, 0) is 55.4 Å². The molecule has 0 saturated heterocycles. The van der Waals surface area contributed by atoms with Crippen LogP contribution in [0.15, 0.2) is 29.1 Å². The largest absolute Gasteiger partial charge is 0.351 e. The predicted octanol–water partition coefficient (Wildman–Crippen LogP) is 5.01. The Kier molecular flexibility index (Phi) is 5.00. The van der Waals surface area contributed by atoms with E-state index in [0.29, 0.717) is 24.1 Å². The van der Waals surface area contributed by atoms with E-state index >= 15 is 0 Å². The molecule has 0 atom stereocenters. The van der Waals surface area contributed by atoms with Crippen molar-refractivity contribution < 1.29 is 0 Å². The highest BCUT2D eigenvalue weighted by atomic mass is 35.5. The molecule has 4 rings (SSSR count). The molecule has 0 aliphatic heterocycles. The van der Waals surface area contributed by atoms with E-state index in [4.69, 9.17) is 16.6 Å². The number of fused-ring (bicyclic) bond motifs is 3. The van der Waals surface area contributed by atoms with E-state index in [2.05, 4.69) is 12.2 Å². The number of thiophene rings is 1. The molecule has 4 nitrogen and oxygen atoms in total. The molecular weight excluding hydrogens is 366 g/mol. The molecule has 0 spiro atoms. The van der Waals surface area contributed by atoms with Crippen molar-refractivity contribution in [3.63, 3.8) is 0 Å². The van der Waals surface area contributed by atoms with Crippen LogP contribution in [-0.2, 0) is 25.9 Å². The zero-order valence-corrected chi connectivity index (χ0v) is 16.4. The van der Waals surface area contributed by atoms with Crippen LogP contribution < -0.4 is 10.9 Å². The van der Waals surface area contributed by atoms with Gasteiger partial charge in [0.2, 0.25) is 5.95 Å². The van der Waals surface area contributed by atoms with Crippen LogP contribution in [0.2, 0.25) is 5.02 Å². The third-order valence-electron chi connectivity index (χ3n) is 4.86. The topological polar surface area (TPSA) is 46.9 Å². The van der Waals surface area contributed by atoms with Gasteiger partial charge in [0.25, 0.3) is 5.56 Å². The number of nitrogens with one attached hydrogen (secondary N) is 1. The zero-order valence-electron chi connectivity index (χ0n) is 14.8. The number of benzene rings is 1. The van der Waals surface area contributed by atoms with Crippen LogP contribution in [0.5, 0.6) is 0 Å². The standard InChI is InChI=1S/C20H22ClN3OS/c1-2-10-24-19(25)17-15-8-3-4-9-16(15)26-18(17)23-20(24)22-12-13-6-5-7-14(21)11-13/h5-7,11H,2-4,8-10,12H2,1H3,(H,22,23). The number of aromatic nitrogens is 2. The van der Waals surface area contributed by atoms with Crippen molar-refractivity contribution in [2.24, 2.45) is 0 Å². The van der Waals surface area contributed by atoms with Crippen molar-refractivity contribution in [3.05, 3.63) is 55.6 Å². The molecular formula is C20H22ClN3OS. The fourth-order valence-corrected chi connectivity index (χ4v) is 5.10. The van der Waals surface area contributed by atoms with Gasteiger partial charge in [-0.2, -0.15) is 0 Å². The smallest absolute Gasteiger partial charge is 0.263 e. The highest BCUT2D eigenvalue weighted by Gasteiger charge is 2.21. The Morgan fingerprint density at radius 1 is 1.31 bits per heavy atom. The van der Waals surface area contributed by atoms with Crippen molar-refractivity contribution >= 4 is 39.1 Å². The molecule has 6 heteroatoms. The van der Waals surface area contributed by atoms with Gasteiger partial charge in [0.15, 0.2) is 0 Å². The van der Waals surface area contributed by atoms with Crippen LogP contribution in [-0.4, -0.2) is 9.55 Å². The highest BCUT2D eigenvalue weighted by molar-refractivity contribution is 7.18. The van der Waals surface area contributed by atoms with Gasteiger partial charge in [0.1, 0.15) is 4.83 Å². The average Bonchev–Trinajstić information content (AvgIpc) is 3.01. The van der Waals surface area contributed by atoms with Crippen molar-refractivity contribution in [1.82, 2.24) is 9.55 Å². The molecule has 3 aromatic rings. The number of hydrogen-bond donors (Lipinski definition) is 1. The normalized spacial score (nSPS) is 13.8. The zero-order chi connectivity index (χ0) is 18.1. The van der Waals surface area contributed by atoms with Crippen LogP contribution in [0.25, 0.3) is 10.2 Å². The van der Waals surface area contributed by atoms with Crippen LogP contribution in [0.3, 0.4) is 0 Å². The van der Waals surface area contributed by atoms with Crippen molar-refractivity contribution in [2.45, 2.75) is 52.1 Å². The lowest BCUT2D eigenvalue weighted by molar-refractivity contribution is 0.651. The minimum Gasteiger partial charge on any atom is -0.351 e. The monoisotopic (exact) mass is 387 g/mol. The summed E-state index contributed by atoms with van der Waals surface area (Å²) in [5.74, 6) is 0.655. The molecule has 26 heavy (non-hydrogen) atoms. The molecule has 0 amide bonds. The molecule has 2 aromatic heterocycles. The summed E-state index contributed by atoms with van der Waals surface area (Å²) in [6.07, 6.45) is 5.36. The summed E-state index contributed by atoms with van der Waals surface area (Å²) in [4.78, 5) is 20.3. The van der Waals surface area contributed by atoms with E-state index in [-0.39, 0.29) is 5.56 Å². The first-order valence-corrected chi connectivity index (χ1v) is 10.4. The summed E-state index contributed by atoms with van der Waals surface area (Å²) >= 11 is 7.77. The maximum absolute atomic E-state index is 13.2. The fourth-order valence-electron chi connectivity index (χ4n) is 3.63. The third kappa shape index (κ3) is 3.26. The van der Waals surface area contributed by atoms with E-state index in [1.54, 1.807) is 15.9 Å². The summed E-state index contributed by atoms with van der Waals surface area (Å²) in [6.45, 7) is 3.35. The van der Waals surface area contributed by atoms with Crippen molar-refractivity contribution in [2.75, 3.05) is 5.32 Å². The second kappa shape index (κ2) is 7.41. The summed E-state index contributed by atoms with van der Waals surface area (Å²) in [6, 6.07) is 7.74. The Hall–Kier alpha value is -1.85. The van der Waals surface area contributed by atoms with E-state index in [1.165, 1.54) is 23.3 Å². The molecule has 0 radical (unpaired) electrons. The van der Waals surface area contributed by atoms with Gasteiger partial charge in [0.05, 0.1) is 5.39 Å². The molecule has 1 aliphatic carbocycles. The molecule has 136 valence electrons. The molecule has 2 heterocycles. The van der Waals surface area contributed by atoms with Crippen LogP contribution in [0.4, 0.5) is 5.95 Å². The maximum atomic E-state index is 13.2. The quantitative estimate of drug-likeness (QED) is 0.669. The molecule has 0 fully saturated rings. The summed E-state index contributed by atoms with van der Waals surface area (Å²) in [5.41, 5.74) is 2.42. The summed E-state index contributed by atoms with van der Waals surface area (Å²) in [7, 11) is 0. The number of rotatable bonds is 5. The van der Waals surface area contributed by atoms with Crippen molar-refractivity contribution in [1.29, 1.82) is 0 Å². The Labute approximate surface area is 161 Å². The second-order valence-corrected chi connectivity index (χ2v) is 8.29. The van der Waals surface area contributed by atoms with Gasteiger partial charge >= 0.3 is 0 Å². The van der Waals surface area contributed by atoms with Gasteiger partial charge in [-0.1, -0.05) is 30.7 Å². The molecule has 1 N–H and O–H groups in total. The summed E-state index contributed by atoms with van der Waals surface area (Å²) < 4.78 is 1.80. The molecule has 0 unspecified atom stereocenters. The van der Waals surface area contributed by atoms with E-state index in [9.17, 15) is 4.79 Å². The first-order chi connectivity index (χ1) is 12.7. The average molecular weight is 388 g/mol. The first kappa shape index (κ1) is 17.6. The molecule has 0 saturated carbocycles. The van der Waals surface area contributed by atoms with Gasteiger partial charge in [-0.15, -0.1) is 11.3 Å². The van der Waals surface area contributed by atoms with Gasteiger partial charge in [-0.25, -0.2) is 4.98 Å². The number of aryl methyl sites for hydroxylation is 2. The van der Waals surface area contributed by atoms with Gasteiger partial charge < -0.3 is 5.32 Å². The fraction of sp³-hybridized carbons (Fsp3) is 0.400. The Morgan fingerprint density at radius 3 is 2.96 bits per heavy atom. The minimum atomic E-state index is 0.102. The number of nitrogens with zero attached hydrogens (tertiary/aromatic N) is 2. The maximum Gasteiger partial charge on any atom is 0.263 e. The second-order valence-electron chi connectivity index (χ2n) is 6.77. The molecule has 1 aliphatic rings. The Bertz CT molecular complexity index is 1010. The van der Waals surface area contributed by atoms with E-state index < -0.39 is 0 Å². The Morgan fingerprint density at radius 2 is 2.15 bits per heavy atom. The Balaban J connectivity index is 1.75. The van der Waals surface area contributed by atoms with Crippen LogP contribution in [0.1, 0.15) is 42.2 Å². The number of hydrogen-bond acceptors (Lipinski definition) is 4. The predicted molar refractivity (Wildman–Crippen MR) is 110 cm³/mol. The van der Waals surface area contributed by atoms with Crippen molar-refractivity contribution in [3.8, 4) is 0 Å². The lowest BCUT2D eigenvalue weighted by Crippen LogP contribution is -2.25. The van der Waals surface area contributed by atoms with Crippen LogP contribution in [0, 0.1) is 0 Å². The lowest BCUT2D eigenvalue weighted by atomic mass is 9.97. The number of halogens is 1. The lowest BCUT2D eigenvalue weighted by Gasteiger charge is -2.14. The van der Waals surface area contributed by atoms with Gasteiger partial charge in [0, 0.05) is 23.0 Å². The molecule has 0 bridgehead atoms. The number of anilines is 1. The van der Waals surface area contributed by atoms with E-state index in [1.807, 2.05) is 24.3 Å². The van der Waals surface area contributed by atoms with Crippen LogP contribution >= 0.6 is 22.9 Å². The van der Waals surface area contributed by atoms with E-state index in [0.717, 1.165) is 35.0 Å². The molecule has 1 aromatic carbocycles. The highest BCUT2D eigenvalue weighted by Crippen LogP contribution is 2.34. The first-order valence-electron chi connectivity index (χ1n) is 9.20.